The fourth-order valence-electron chi connectivity index (χ4n) is 1.86. The van der Waals surface area contributed by atoms with Gasteiger partial charge in [0.25, 0.3) is 0 Å². The van der Waals surface area contributed by atoms with E-state index in [0.717, 1.165) is 32.2 Å². The third-order valence-electron chi connectivity index (χ3n) is 3.16. The molecule has 1 rings (SSSR count). The zero-order chi connectivity index (χ0) is 14.7. The Morgan fingerprint density at radius 3 is 2.21 bits per heavy atom. The molecule has 0 aromatic heterocycles. The van der Waals surface area contributed by atoms with Gasteiger partial charge in [-0.25, -0.2) is 0 Å². The number of rotatable bonds is 5. The zero-order valence-corrected chi connectivity index (χ0v) is 13.4. The summed E-state index contributed by atoms with van der Waals surface area (Å²) in [5, 5.41) is 0. The molecule has 1 heterocycles. The molecular formula is C15H32N2O2. The first-order chi connectivity index (χ1) is 8.97. The fourth-order valence-corrected chi connectivity index (χ4v) is 1.86. The number of ether oxygens (including phenoxy) is 1. The van der Waals surface area contributed by atoms with Crippen molar-refractivity contribution in [2.75, 3.05) is 46.9 Å². The molecule has 1 saturated heterocycles. The maximum atomic E-state index is 10.4. The van der Waals surface area contributed by atoms with Gasteiger partial charge in [0.1, 0.15) is 0 Å². The van der Waals surface area contributed by atoms with Crippen LogP contribution in [0.4, 0.5) is 0 Å². The van der Waals surface area contributed by atoms with Crippen LogP contribution in [0.1, 0.15) is 40.0 Å². The van der Waals surface area contributed by atoms with Gasteiger partial charge in [0, 0.05) is 33.6 Å². The Bertz CT molecular complexity index is 224. The highest BCUT2D eigenvalue weighted by Gasteiger charge is 2.09. The molecule has 0 aromatic rings. The Morgan fingerprint density at radius 1 is 1.26 bits per heavy atom. The maximum absolute atomic E-state index is 10.4. The third-order valence-corrected chi connectivity index (χ3v) is 3.16. The van der Waals surface area contributed by atoms with E-state index in [0.29, 0.717) is 6.42 Å². The molecule has 0 aromatic carbocycles. The van der Waals surface area contributed by atoms with Gasteiger partial charge in [-0.05, 0) is 25.3 Å². The molecule has 1 fully saturated rings. The van der Waals surface area contributed by atoms with Gasteiger partial charge in [-0.3, -0.25) is 9.69 Å². The summed E-state index contributed by atoms with van der Waals surface area (Å²) >= 11 is 0. The van der Waals surface area contributed by atoms with Crippen LogP contribution < -0.4 is 0 Å². The second kappa shape index (κ2) is 11.2. The highest BCUT2D eigenvalue weighted by molar-refractivity contribution is 5.75. The minimum Gasteiger partial charge on any atom is -0.379 e. The summed E-state index contributed by atoms with van der Waals surface area (Å²) in [5.74, 6) is 1.03. The monoisotopic (exact) mass is 272 g/mol. The molecule has 114 valence electrons. The predicted octanol–water partition coefficient (Wildman–Crippen LogP) is 2.24. The smallest absolute Gasteiger partial charge is 0.221 e. The molecule has 0 radical (unpaired) electrons. The fraction of sp³-hybridized carbons (Fsp3) is 0.933. The Morgan fingerprint density at radius 2 is 1.84 bits per heavy atom. The van der Waals surface area contributed by atoms with Crippen molar-refractivity contribution < 1.29 is 9.53 Å². The Kier molecular flexibility index (Phi) is 10.9. The normalized spacial score (nSPS) is 15.9. The van der Waals surface area contributed by atoms with Crippen LogP contribution in [0.5, 0.6) is 0 Å². The van der Waals surface area contributed by atoms with Gasteiger partial charge >= 0.3 is 0 Å². The van der Waals surface area contributed by atoms with E-state index in [4.69, 9.17) is 4.74 Å². The highest BCUT2D eigenvalue weighted by atomic mass is 16.5. The number of carbonyl (C=O) groups excluding carboxylic acids is 1. The highest BCUT2D eigenvalue weighted by Crippen LogP contribution is 2.05. The van der Waals surface area contributed by atoms with E-state index < -0.39 is 0 Å². The summed E-state index contributed by atoms with van der Waals surface area (Å²) in [6.07, 6.45) is 3.31. The van der Waals surface area contributed by atoms with Crippen molar-refractivity contribution in [3.63, 3.8) is 0 Å². The topological polar surface area (TPSA) is 32.8 Å². The molecule has 0 bridgehead atoms. The largest absolute Gasteiger partial charge is 0.379 e. The molecule has 0 atom stereocenters. The van der Waals surface area contributed by atoms with E-state index >= 15 is 0 Å². The first kappa shape index (κ1) is 18.4. The summed E-state index contributed by atoms with van der Waals surface area (Å²) < 4.78 is 5.29. The summed E-state index contributed by atoms with van der Waals surface area (Å²) in [6.45, 7) is 11.8. The number of nitrogens with zero attached hydrogens (tertiary/aromatic N) is 2. The average molecular weight is 272 g/mol. The summed E-state index contributed by atoms with van der Waals surface area (Å²) in [6, 6.07) is 0. The van der Waals surface area contributed by atoms with Crippen molar-refractivity contribution >= 4 is 5.91 Å². The van der Waals surface area contributed by atoms with Crippen LogP contribution in [-0.2, 0) is 9.53 Å². The molecule has 0 N–H and O–H groups in total. The van der Waals surface area contributed by atoms with Gasteiger partial charge in [-0.15, -0.1) is 0 Å². The lowest BCUT2D eigenvalue weighted by Crippen LogP contribution is -2.36. The van der Waals surface area contributed by atoms with Crippen LogP contribution in [0.15, 0.2) is 0 Å². The molecule has 1 amide bonds. The maximum Gasteiger partial charge on any atom is 0.221 e. The van der Waals surface area contributed by atoms with Crippen LogP contribution in [0, 0.1) is 5.92 Å². The second-order valence-electron chi connectivity index (χ2n) is 5.63. The van der Waals surface area contributed by atoms with Gasteiger partial charge < -0.3 is 9.64 Å². The van der Waals surface area contributed by atoms with Crippen molar-refractivity contribution in [2.45, 2.75) is 40.0 Å². The van der Waals surface area contributed by atoms with Gasteiger partial charge in [-0.2, -0.15) is 0 Å². The molecule has 4 nitrogen and oxygen atoms in total. The molecule has 0 aliphatic carbocycles. The van der Waals surface area contributed by atoms with Crippen LogP contribution in [0.2, 0.25) is 0 Å². The van der Waals surface area contributed by atoms with Crippen LogP contribution >= 0.6 is 0 Å². The Balaban J connectivity index is 0.000000399. The van der Waals surface area contributed by atoms with Crippen molar-refractivity contribution in [1.82, 2.24) is 9.80 Å². The van der Waals surface area contributed by atoms with Crippen molar-refractivity contribution in [2.24, 2.45) is 5.92 Å². The average Bonchev–Trinajstić information content (AvgIpc) is 2.39. The molecule has 4 heteroatoms. The zero-order valence-electron chi connectivity index (χ0n) is 13.4. The SMILES string of the molecule is CC(C)CCCN1CCOCC1.CCC(=O)N(C)C. The van der Waals surface area contributed by atoms with Gasteiger partial charge in [-0.1, -0.05) is 20.8 Å². The summed E-state index contributed by atoms with van der Waals surface area (Å²) in [5.41, 5.74) is 0. The number of hydrogen-bond acceptors (Lipinski definition) is 3. The minimum absolute atomic E-state index is 0.181. The van der Waals surface area contributed by atoms with Crippen LogP contribution in [0.25, 0.3) is 0 Å². The standard InChI is InChI=1S/C10H21NO.C5H11NO/c1-10(2)4-3-5-11-6-8-12-9-7-11;1-4-5(7)6(2)3/h10H,3-9H2,1-2H3;4H2,1-3H3. The van der Waals surface area contributed by atoms with E-state index in [1.165, 1.54) is 19.4 Å². The van der Waals surface area contributed by atoms with Crippen LogP contribution in [-0.4, -0.2) is 62.7 Å². The van der Waals surface area contributed by atoms with E-state index in [1.54, 1.807) is 19.0 Å². The van der Waals surface area contributed by atoms with Crippen molar-refractivity contribution in [3.8, 4) is 0 Å². The van der Waals surface area contributed by atoms with Crippen LogP contribution in [0.3, 0.4) is 0 Å². The third kappa shape index (κ3) is 11.0. The van der Waals surface area contributed by atoms with E-state index in [-0.39, 0.29) is 5.91 Å². The van der Waals surface area contributed by atoms with Crippen molar-refractivity contribution in [1.29, 1.82) is 0 Å². The van der Waals surface area contributed by atoms with E-state index in [2.05, 4.69) is 18.7 Å². The number of morpholine rings is 1. The molecule has 0 saturated carbocycles. The molecule has 1 aliphatic heterocycles. The first-order valence-electron chi connectivity index (χ1n) is 7.47. The molecule has 0 unspecified atom stereocenters. The van der Waals surface area contributed by atoms with Gasteiger partial charge in [0.05, 0.1) is 13.2 Å². The molecule has 1 aliphatic rings. The lowest BCUT2D eigenvalue weighted by atomic mass is 10.1. The summed E-state index contributed by atoms with van der Waals surface area (Å²) in [7, 11) is 3.51. The number of hydrogen-bond donors (Lipinski definition) is 0. The summed E-state index contributed by atoms with van der Waals surface area (Å²) in [4.78, 5) is 14.5. The lowest BCUT2D eigenvalue weighted by molar-refractivity contribution is -0.128. The van der Waals surface area contributed by atoms with Gasteiger partial charge in [0.2, 0.25) is 5.91 Å². The Hall–Kier alpha value is -0.610. The second-order valence-corrected chi connectivity index (χ2v) is 5.63. The molecule has 0 spiro atoms. The first-order valence-corrected chi connectivity index (χ1v) is 7.47. The lowest BCUT2D eigenvalue weighted by Gasteiger charge is -2.26. The quantitative estimate of drug-likeness (QED) is 0.769. The Labute approximate surface area is 119 Å². The van der Waals surface area contributed by atoms with E-state index in [1.807, 2.05) is 6.92 Å². The van der Waals surface area contributed by atoms with Crippen molar-refractivity contribution in [3.05, 3.63) is 0 Å². The molecule has 19 heavy (non-hydrogen) atoms. The van der Waals surface area contributed by atoms with E-state index in [9.17, 15) is 4.79 Å². The number of carbonyl (C=O) groups is 1. The molecular weight excluding hydrogens is 240 g/mol. The predicted molar refractivity (Wildman–Crippen MR) is 80.3 cm³/mol. The van der Waals surface area contributed by atoms with Gasteiger partial charge in [0.15, 0.2) is 0 Å². The minimum atomic E-state index is 0.181. The number of amides is 1.